The number of aromatic amines is 1. The van der Waals surface area contributed by atoms with Gasteiger partial charge in [-0.1, -0.05) is 18.2 Å². The first kappa shape index (κ1) is 15.8. The van der Waals surface area contributed by atoms with Gasteiger partial charge in [0.2, 0.25) is 0 Å². The molecule has 0 amide bonds. The number of benzene rings is 1. The van der Waals surface area contributed by atoms with Gasteiger partial charge in [0, 0.05) is 26.1 Å². The highest BCUT2D eigenvalue weighted by molar-refractivity contribution is 7.13. The molecular formula is C19H16N4OS. The lowest BCUT2D eigenvalue weighted by molar-refractivity contribution is 0.242. The number of thiophene rings is 1. The summed E-state index contributed by atoms with van der Waals surface area (Å²) in [6.07, 6.45) is 0.772. The van der Waals surface area contributed by atoms with Crippen molar-refractivity contribution in [2.45, 2.75) is 19.5 Å². The molecule has 3 heterocycles. The van der Waals surface area contributed by atoms with Crippen LogP contribution in [0.3, 0.4) is 0 Å². The number of aromatic nitrogens is 2. The van der Waals surface area contributed by atoms with E-state index in [1.54, 1.807) is 11.3 Å². The molecule has 1 aromatic carbocycles. The Morgan fingerprint density at radius 3 is 2.84 bits per heavy atom. The van der Waals surface area contributed by atoms with E-state index in [9.17, 15) is 4.79 Å². The van der Waals surface area contributed by atoms with E-state index in [4.69, 9.17) is 5.26 Å². The molecule has 0 bridgehead atoms. The fourth-order valence-electron chi connectivity index (χ4n) is 3.09. The lowest BCUT2D eigenvalue weighted by Crippen LogP contribution is -2.35. The predicted molar refractivity (Wildman–Crippen MR) is 97.1 cm³/mol. The van der Waals surface area contributed by atoms with Crippen LogP contribution in [0.15, 0.2) is 46.6 Å². The maximum atomic E-state index is 12.5. The maximum absolute atomic E-state index is 12.5. The van der Waals surface area contributed by atoms with Crippen molar-refractivity contribution in [3.63, 3.8) is 0 Å². The van der Waals surface area contributed by atoms with E-state index < -0.39 is 0 Å². The molecule has 1 aliphatic rings. The minimum Gasteiger partial charge on any atom is -0.306 e. The van der Waals surface area contributed by atoms with Crippen LogP contribution in [0.25, 0.3) is 10.7 Å². The van der Waals surface area contributed by atoms with Crippen LogP contribution >= 0.6 is 11.3 Å². The third kappa shape index (κ3) is 3.25. The molecule has 4 rings (SSSR count). The smallest absolute Gasteiger partial charge is 0.255 e. The van der Waals surface area contributed by atoms with Crippen LogP contribution in [0.2, 0.25) is 0 Å². The summed E-state index contributed by atoms with van der Waals surface area (Å²) in [6.45, 7) is 2.23. The van der Waals surface area contributed by atoms with Gasteiger partial charge in [0.15, 0.2) is 5.82 Å². The van der Waals surface area contributed by atoms with Gasteiger partial charge in [-0.3, -0.25) is 9.69 Å². The van der Waals surface area contributed by atoms with Gasteiger partial charge in [-0.15, -0.1) is 11.3 Å². The molecule has 0 saturated carbocycles. The summed E-state index contributed by atoms with van der Waals surface area (Å²) in [7, 11) is 0. The number of nitrogens with one attached hydrogen (secondary N) is 1. The summed E-state index contributed by atoms with van der Waals surface area (Å²) in [4.78, 5) is 23.3. The van der Waals surface area contributed by atoms with E-state index in [0.717, 1.165) is 41.2 Å². The zero-order valence-corrected chi connectivity index (χ0v) is 14.3. The van der Waals surface area contributed by atoms with Crippen molar-refractivity contribution < 1.29 is 0 Å². The third-order valence-electron chi connectivity index (χ3n) is 4.39. The molecule has 1 N–H and O–H groups in total. The number of fused-ring (bicyclic) bond motifs is 1. The Morgan fingerprint density at radius 2 is 2.12 bits per heavy atom. The molecule has 25 heavy (non-hydrogen) atoms. The molecule has 0 unspecified atom stereocenters. The first-order chi connectivity index (χ1) is 12.2. The fourth-order valence-corrected chi connectivity index (χ4v) is 3.76. The van der Waals surface area contributed by atoms with Crippen molar-refractivity contribution in [2.75, 3.05) is 6.54 Å². The van der Waals surface area contributed by atoms with Crippen molar-refractivity contribution in [3.05, 3.63) is 74.5 Å². The summed E-state index contributed by atoms with van der Waals surface area (Å²) < 4.78 is 0. The van der Waals surface area contributed by atoms with Gasteiger partial charge in [-0.25, -0.2) is 4.98 Å². The summed E-state index contributed by atoms with van der Waals surface area (Å²) in [5.41, 5.74) is 3.43. The average Bonchev–Trinajstić information content (AvgIpc) is 3.17. The summed E-state index contributed by atoms with van der Waals surface area (Å²) >= 11 is 1.57. The van der Waals surface area contributed by atoms with E-state index in [2.05, 4.69) is 20.9 Å². The van der Waals surface area contributed by atoms with Gasteiger partial charge < -0.3 is 4.98 Å². The summed E-state index contributed by atoms with van der Waals surface area (Å²) in [5.74, 6) is 0.666. The second-order valence-electron chi connectivity index (χ2n) is 6.09. The Balaban J connectivity index is 1.55. The topological polar surface area (TPSA) is 72.8 Å². The summed E-state index contributed by atoms with van der Waals surface area (Å²) in [6, 6.07) is 13.6. The number of H-pyrrole nitrogens is 1. The molecule has 0 spiro atoms. The molecule has 5 nitrogen and oxygen atoms in total. The monoisotopic (exact) mass is 348 g/mol. The van der Waals surface area contributed by atoms with Crippen molar-refractivity contribution in [1.82, 2.24) is 14.9 Å². The standard InChI is InChI=1S/C19H16N4OS/c20-10-13-3-5-14(6-4-13)11-23-8-7-16-15(12-23)19(24)22-18(21-16)17-2-1-9-25-17/h1-6,9H,7-8,11-12H2,(H,21,22,24). The zero-order chi connectivity index (χ0) is 17.2. The van der Waals surface area contributed by atoms with Crippen LogP contribution in [0.5, 0.6) is 0 Å². The van der Waals surface area contributed by atoms with Crippen molar-refractivity contribution in [3.8, 4) is 16.8 Å². The van der Waals surface area contributed by atoms with E-state index >= 15 is 0 Å². The molecule has 0 atom stereocenters. The minimum absolute atomic E-state index is 0.0436. The molecule has 2 aromatic heterocycles. The second-order valence-corrected chi connectivity index (χ2v) is 7.03. The molecule has 0 fully saturated rings. The maximum Gasteiger partial charge on any atom is 0.255 e. The van der Waals surface area contributed by atoms with E-state index in [0.29, 0.717) is 17.9 Å². The molecule has 3 aromatic rings. The SMILES string of the molecule is N#Cc1ccc(CN2CCc3nc(-c4cccs4)[nH]c(=O)c3C2)cc1. The fraction of sp³-hybridized carbons (Fsp3) is 0.211. The van der Waals surface area contributed by atoms with Crippen molar-refractivity contribution in [2.24, 2.45) is 0 Å². The number of hydrogen-bond acceptors (Lipinski definition) is 5. The van der Waals surface area contributed by atoms with Gasteiger partial charge in [0.1, 0.15) is 0 Å². The first-order valence-corrected chi connectivity index (χ1v) is 8.98. The Hall–Kier alpha value is -2.75. The molecule has 1 aliphatic heterocycles. The molecular weight excluding hydrogens is 332 g/mol. The predicted octanol–water partition coefficient (Wildman–Crippen LogP) is 2.93. The normalized spacial score (nSPS) is 14.0. The molecule has 0 saturated heterocycles. The molecule has 6 heteroatoms. The van der Waals surface area contributed by atoms with E-state index in [-0.39, 0.29) is 5.56 Å². The molecule has 0 radical (unpaired) electrons. The Morgan fingerprint density at radius 1 is 1.28 bits per heavy atom. The van der Waals surface area contributed by atoms with Gasteiger partial charge in [-0.2, -0.15) is 5.26 Å². The van der Waals surface area contributed by atoms with Crippen LogP contribution in [-0.4, -0.2) is 21.4 Å². The second kappa shape index (κ2) is 6.63. The van der Waals surface area contributed by atoms with Gasteiger partial charge >= 0.3 is 0 Å². The highest BCUT2D eigenvalue weighted by Gasteiger charge is 2.21. The highest BCUT2D eigenvalue weighted by Crippen LogP contribution is 2.23. The first-order valence-electron chi connectivity index (χ1n) is 8.10. The average molecular weight is 348 g/mol. The lowest BCUT2D eigenvalue weighted by Gasteiger charge is -2.27. The van der Waals surface area contributed by atoms with Crippen LogP contribution < -0.4 is 5.56 Å². The molecule has 124 valence electrons. The zero-order valence-electron chi connectivity index (χ0n) is 13.5. The quantitative estimate of drug-likeness (QED) is 0.790. The Kier molecular flexibility index (Phi) is 4.18. The lowest BCUT2D eigenvalue weighted by atomic mass is 10.1. The van der Waals surface area contributed by atoms with Crippen molar-refractivity contribution >= 4 is 11.3 Å². The number of hydrogen-bond donors (Lipinski definition) is 1. The van der Waals surface area contributed by atoms with Crippen LogP contribution in [0, 0.1) is 11.3 Å². The van der Waals surface area contributed by atoms with Crippen LogP contribution in [0.1, 0.15) is 22.4 Å². The number of rotatable bonds is 3. The highest BCUT2D eigenvalue weighted by atomic mass is 32.1. The number of nitriles is 1. The Labute approximate surface area is 149 Å². The van der Waals surface area contributed by atoms with Gasteiger partial charge in [-0.05, 0) is 29.1 Å². The van der Waals surface area contributed by atoms with Gasteiger partial charge in [0.05, 0.1) is 27.8 Å². The largest absolute Gasteiger partial charge is 0.306 e. The van der Waals surface area contributed by atoms with E-state index in [1.807, 2.05) is 41.8 Å². The van der Waals surface area contributed by atoms with Crippen molar-refractivity contribution in [1.29, 1.82) is 5.26 Å². The summed E-state index contributed by atoms with van der Waals surface area (Å²) in [5, 5.41) is 10.9. The van der Waals surface area contributed by atoms with Crippen LogP contribution in [-0.2, 0) is 19.5 Å². The molecule has 0 aliphatic carbocycles. The minimum atomic E-state index is -0.0436. The third-order valence-corrected chi connectivity index (χ3v) is 5.27. The van der Waals surface area contributed by atoms with E-state index in [1.165, 1.54) is 0 Å². The van der Waals surface area contributed by atoms with Gasteiger partial charge in [0.25, 0.3) is 5.56 Å². The van der Waals surface area contributed by atoms with Crippen LogP contribution in [0.4, 0.5) is 0 Å². The Bertz CT molecular complexity index is 984. The number of nitrogens with zero attached hydrogens (tertiary/aromatic N) is 3.